The third-order valence-electron chi connectivity index (χ3n) is 6.01. The maximum atomic E-state index is 13.7. The van der Waals surface area contributed by atoms with Crippen LogP contribution in [0.3, 0.4) is 0 Å². The molecule has 0 saturated carbocycles. The number of aromatic nitrogens is 4. The van der Waals surface area contributed by atoms with Crippen LogP contribution < -0.4 is 10.6 Å². The van der Waals surface area contributed by atoms with E-state index in [-0.39, 0.29) is 40.8 Å². The molecule has 3 aromatic heterocycles. The lowest BCUT2D eigenvalue weighted by Gasteiger charge is -2.36. The number of pyridine rings is 2. The van der Waals surface area contributed by atoms with E-state index in [4.69, 9.17) is 0 Å². The summed E-state index contributed by atoms with van der Waals surface area (Å²) >= 11 is 0. The van der Waals surface area contributed by atoms with E-state index in [1.807, 2.05) is 13.8 Å². The van der Waals surface area contributed by atoms with Gasteiger partial charge in [0.2, 0.25) is 5.95 Å². The fourth-order valence-electron chi connectivity index (χ4n) is 4.44. The second kappa shape index (κ2) is 9.43. The summed E-state index contributed by atoms with van der Waals surface area (Å²) in [6.45, 7) is 5.26. The average molecular weight is 513 g/mol. The van der Waals surface area contributed by atoms with Gasteiger partial charge in [-0.3, -0.25) is 4.79 Å². The first-order valence-corrected chi connectivity index (χ1v) is 11.6. The molecule has 1 aliphatic rings. The maximum Gasteiger partial charge on any atom is 0.419 e. The van der Waals surface area contributed by atoms with Gasteiger partial charge < -0.3 is 20.5 Å². The predicted octanol–water partition coefficient (Wildman–Crippen LogP) is 4.74. The highest BCUT2D eigenvalue weighted by molar-refractivity contribution is 5.95. The summed E-state index contributed by atoms with van der Waals surface area (Å²) in [6.07, 6.45) is -3.30. The Morgan fingerprint density at radius 3 is 2.54 bits per heavy atom. The van der Waals surface area contributed by atoms with E-state index in [1.54, 1.807) is 23.1 Å². The van der Waals surface area contributed by atoms with Crippen molar-refractivity contribution in [3.05, 3.63) is 65.6 Å². The number of halogens is 4. The maximum absolute atomic E-state index is 13.7. The number of amides is 1. The molecule has 1 aromatic carbocycles. The third kappa shape index (κ3) is 5.24. The Labute approximate surface area is 209 Å². The van der Waals surface area contributed by atoms with Gasteiger partial charge in [-0.1, -0.05) is 0 Å². The van der Waals surface area contributed by atoms with Crippen LogP contribution in [-0.4, -0.2) is 55.9 Å². The molecule has 3 N–H and O–H groups in total. The first kappa shape index (κ1) is 24.6. The molecule has 0 unspecified atom stereocenters. The number of hydrogen-bond acceptors (Lipinski definition) is 6. The third-order valence-corrected chi connectivity index (χ3v) is 6.01. The minimum atomic E-state index is -4.82. The number of carbonyl (C=O) groups is 1. The van der Waals surface area contributed by atoms with Crippen LogP contribution in [0.5, 0.6) is 0 Å². The molecule has 37 heavy (non-hydrogen) atoms. The van der Waals surface area contributed by atoms with Crippen LogP contribution in [0.4, 0.5) is 29.3 Å². The van der Waals surface area contributed by atoms with Gasteiger partial charge in [-0.2, -0.15) is 18.2 Å². The Kier molecular flexibility index (Phi) is 6.28. The quantitative estimate of drug-likeness (QED) is 0.341. The van der Waals surface area contributed by atoms with Crippen molar-refractivity contribution in [3.8, 4) is 11.3 Å². The number of anilines is 2. The molecule has 192 valence electrons. The number of rotatable bonds is 4. The van der Waals surface area contributed by atoms with Crippen molar-refractivity contribution in [2.75, 3.05) is 18.4 Å². The molecule has 0 radical (unpaired) electrons. The molecule has 1 amide bonds. The number of H-pyrrole nitrogens is 1. The van der Waals surface area contributed by atoms with E-state index >= 15 is 0 Å². The fourth-order valence-corrected chi connectivity index (χ4v) is 4.44. The number of aromatic amines is 1. The number of hydrogen-bond donors (Lipinski definition) is 3. The number of nitrogens with one attached hydrogen (secondary N) is 3. The van der Waals surface area contributed by atoms with Crippen molar-refractivity contribution in [2.45, 2.75) is 32.1 Å². The van der Waals surface area contributed by atoms with Crippen LogP contribution in [0.15, 0.2) is 48.7 Å². The largest absolute Gasteiger partial charge is 0.419 e. The molecular weight excluding hydrogens is 490 g/mol. The van der Waals surface area contributed by atoms with Gasteiger partial charge in [0.25, 0.3) is 5.91 Å². The van der Waals surface area contributed by atoms with Crippen LogP contribution in [0.2, 0.25) is 0 Å². The summed E-state index contributed by atoms with van der Waals surface area (Å²) < 4.78 is 53.0. The van der Waals surface area contributed by atoms with Crippen molar-refractivity contribution >= 4 is 28.8 Å². The molecule has 4 heterocycles. The minimum absolute atomic E-state index is 0.0981. The zero-order valence-electron chi connectivity index (χ0n) is 19.9. The lowest BCUT2D eigenvalue weighted by molar-refractivity contribution is -0.139. The Balaban J connectivity index is 1.37. The summed E-state index contributed by atoms with van der Waals surface area (Å²) in [4.78, 5) is 30.8. The highest BCUT2D eigenvalue weighted by Crippen LogP contribution is 2.34. The van der Waals surface area contributed by atoms with Gasteiger partial charge >= 0.3 is 6.18 Å². The lowest BCUT2D eigenvalue weighted by atomic mass is 10.1. The topological polar surface area (TPSA) is 98.8 Å². The highest BCUT2D eigenvalue weighted by Gasteiger charge is 2.34. The van der Waals surface area contributed by atoms with Gasteiger partial charge in [0.15, 0.2) is 5.65 Å². The van der Waals surface area contributed by atoms with Crippen molar-refractivity contribution in [3.63, 3.8) is 0 Å². The van der Waals surface area contributed by atoms with Gasteiger partial charge in [0.1, 0.15) is 11.6 Å². The summed E-state index contributed by atoms with van der Waals surface area (Å²) in [7, 11) is 0. The van der Waals surface area contributed by atoms with Crippen LogP contribution in [-0.2, 0) is 6.18 Å². The molecule has 0 bridgehead atoms. The molecular formula is C25H23F4N7O. The van der Waals surface area contributed by atoms with E-state index in [2.05, 4.69) is 30.6 Å². The van der Waals surface area contributed by atoms with Crippen LogP contribution in [0, 0.1) is 5.82 Å². The molecule has 0 aliphatic carbocycles. The molecule has 1 saturated heterocycles. The molecule has 1 aliphatic heterocycles. The number of alkyl halides is 3. The van der Waals surface area contributed by atoms with Crippen LogP contribution >= 0.6 is 0 Å². The lowest BCUT2D eigenvalue weighted by Crippen LogP contribution is -2.55. The van der Waals surface area contributed by atoms with E-state index < -0.39 is 17.6 Å². The number of carbonyl (C=O) groups excluding carboxylic acids is 1. The number of piperazine rings is 1. The second-order valence-electron chi connectivity index (χ2n) is 9.08. The highest BCUT2D eigenvalue weighted by atomic mass is 19.4. The molecule has 8 nitrogen and oxygen atoms in total. The Morgan fingerprint density at radius 1 is 1.05 bits per heavy atom. The minimum Gasteiger partial charge on any atom is -0.336 e. The molecule has 1 fully saturated rings. The van der Waals surface area contributed by atoms with Crippen molar-refractivity contribution in [2.24, 2.45) is 0 Å². The van der Waals surface area contributed by atoms with Gasteiger partial charge in [0, 0.05) is 42.5 Å². The van der Waals surface area contributed by atoms with Gasteiger partial charge in [0.05, 0.1) is 16.8 Å². The SMILES string of the molecule is C[C@@H]1CN(C(=O)c2ccnc(Nc3nc4nc(-c5ccc(F)c(C(F)(F)F)c5)ccc4[nH]3)c2)C[C@H](C)N1. The van der Waals surface area contributed by atoms with Crippen LogP contribution in [0.25, 0.3) is 22.4 Å². The Bertz CT molecular complexity index is 1460. The van der Waals surface area contributed by atoms with Crippen LogP contribution in [0.1, 0.15) is 29.8 Å². The van der Waals surface area contributed by atoms with E-state index in [0.29, 0.717) is 30.0 Å². The van der Waals surface area contributed by atoms with Crippen molar-refractivity contribution < 1.29 is 22.4 Å². The molecule has 4 aromatic rings. The average Bonchev–Trinajstić information content (AvgIpc) is 3.24. The number of imidazole rings is 1. The second-order valence-corrected chi connectivity index (χ2v) is 9.08. The number of fused-ring (bicyclic) bond motifs is 1. The first-order valence-electron chi connectivity index (χ1n) is 11.6. The van der Waals surface area contributed by atoms with Gasteiger partial charge in [-0.25, -0.2) is 14.4 Å². The Hall–Kier alpha value is -4.06. The van der Waals surface area contributed by atoms with E-state index in [0.717, 1.165) is 12.1 Å². The first-order chi connectivity index (χ1) is 17.6. The van der Waals surface area contributed by atoms with E-state index in [1.165, 1.54) is 18.3 Å². The summed E-state index contributed by atoms with van der Waals surface area (Å²) in [6, 6.07) is 9.52. The normalized spacial score (nSPS) is 18.3. The van der Waals surface area contributed by atoms with E-state index in [9.17, 15) is 22.4 Å². The summed E-state index contributed by atoms with van der Waals surface area (Å²) in [5.41, 5.74) is 0.210. The van der Waals surface area contributed by atoms with Gasteiger partial charge in [-0.05, 0) is 56.3 Å². The molecule has 5 rings (SSSR count). The molecule has 12 heteroatoms. The van der Waals surface area contributed by atoms with Gasteiger partial charge in [-0.15, -0.1) is 0 Å². The van der Waals surface area contributed by atoms with Crippen molar-refractivity contribution in [1.82, 2.24) is 30.2 Å². The fraction of sp³-hybridized carbons (Fsp3) is 0.280. The predicted molar refractivity (Wildman–Crippen MR) is 130 cm³/mol. The zero-order chi connectivity index (χ0) is 26.3. The Morgan fingerprint density at radius 2 is 1.81 bits per heavy atom. The molecule has 0 spiro atoms. The standard InChI is InChI=1S/C25H23F4N7O/c1-13-11-36(12-14(2)31-13)23(37)16-7-8-30-21(10-16)34-24-33-20-6-5-19(32-22(20)35-24)15-3-4-18(26)17(9-15)25(27,28)29/h3-10,13-14,31H,11-12H2,1-2H3,(H2,30,32,33,34,35)/t13-,14+. The zero-order valence-corrected chi connectivity index (χ0v) is 19.9. The monoisotopic (exact) mass is 513 g/mol. The summed E-state index contributed by atoms with van der Waals surface area (Å²) in [5.74, 6) is -0.775. The number of nitrogens with zero attached hydrogens (tertiary/aromatic N) is 4. The number of benzene rings is 1. The van der Waals surface area contributed by atoms with Crippen molar-refractivity contribution in [1.29, 1.82) is 0 Å². The molecule has 2 atom stereocenters. The summed E-state index contributed by atoms with van der Waals surface area (Å²) in [5, 5.41) is 6.40. The smallest absolute Gasteiger partial charge is 0.336 e.